The quantitative estimate of drug-likeness (QED) is 0.574. The van der Waals surface area contributed by atoms with Crippen LogP contribution in [0.2, 0.25) is 0 Å². The molecule has 4 heterocycles. The number of carbonyl (C=O) groups excluding carboxylic acids is 4. The lowest BCUT2D eigenvalue weighted by Gasteiger charge is -2.33. The maximum absolute atomic E-state index is 13.0. The van der Waals surface area contributed by atoms with Crippen molar-refractivity contribution >= 4 is 35.3 Å². The fourth-order valence-electron chi connectivity index (χ4n) is 4.21. The van der Waals surface area contributed by atoms with E-state index in [9.17, 15) is 19.2 Å². The zero-order chi connectivity index (χ0) is 24.8. The number of nitrogens with zero attached hydrogens (tertiary/aromatic N) is 6. The minimum Gasteiger partial charge on any atom is -0.459 e. The molecule has 3 aliphatic heterocycles. The summed E-state index contributed by atoms with van der Waals surface area (Å²) in [6.45, 7) is 8.20. The largest absolute Gasteiger partial charge is 0.459 e. The van der Waals surface area contributed by atoms with E-state index in [0.717, 1.165) is 4.90 Å². The molecule has 34 heavy (non-hydrogen) atoms. The van der Waals surface area contributed by atoms with Crippen LogP contribution in [0.3, 0.4) is 0 Å². The number of Topliss-reactive ketones (excluding diaryl/α,β-unsaturated/α-hetero) is 1. The van der Waals surface area contributed by atoms with Crippen molar-refractivity contribution in [2.45, 2.75) is 26.8 Å². The van der Waals surface area contributed by atoms with E-state index in [0.29, 0.717) is 50.2 Å². The third-order valence-electron chi connectivity index (χ3n) is 6.52. The second-order valence-corrected chi connectivity index (χ2v) is 9.87. The number of fused-ring (bicyclic) bond motifs is 1. The van der Waals surface area contributed by atoms with Crippen molar-refractivity contribution < 1.29 is 28.2 Å². The predicted molar refractivity (Wildman–Crippen MR) is 123 cm³/mol. The number of ketones is 1. The van der Waals surface area contributed by atoms with E-state index in [4.69, 9.17) is 4.42 Å². The second kappa shape index (κ2) is 8.79. The highest BCUT2D eigenvalue weighted by Gasteiger charge is 2.53. The first kappa shape index (κ1) is 23.8. The topological polar surface area (TPSA) is 110 Å². The molecule has 0 aliphatic carbocycles. The molecular weight excluding hydrogens is 440 g/mol. The van der Waals surface area contributed by atoms with Gasteiger partial charge in [0.1, 0.15) is 13.1 Å². The Bertz CT molecular complexity index is 1080. The van der Waals surface area contributed by atoms with Crippen LogP contribution in [0.1, 0.15) is 31.3 Å². The summed E-state index contributed by atoms with van der Waals surface area (Å²) in [6.07, 6.45) is 1.48. The van der Waals surface area contributed by atoms with Crippen molar-refractivity contribution in [3.8, 4) is 0 Å². The van der Waals surface area contributed by atoms with E-state index in [2.05, 4.69) is 9.89 Å². The number of amidine groups is 2. The van der Waals surface area contributed by atoms with Crippen LogP contribution in [0.4, 0.5) is 4.79 Å². The molecule has 1 unspecified atom stereocenters. The Labute approximate surface area is 198 Å². The molecule has 11 heteroatoms. The molecule has 0 N–H and O–H groups in total. The molecule has 0 radical (unpaired) electrons. The number of likely N-dealkylation sites (N-methyl/N-ethyl adjacent to an activating group) is 2. The highest BCUT2D eigenvalue weighted by molar-refractivity contribution is 6.23. The van der Waals surface area contributed by atoms with Crippen molar-refractivity contribution in [2.24, 2.45) is 10.4 Å². The minimum absolute atomic E-state index is 0.0229. The molecule has 1 aromatic heterocycles. The molecule has 4 rings (SSSR count). The van der Waals surface area contributed by atoms with Gasteiger partial charge in [-0.15, -0.1) is 0 Å². The van der Waals surface area contributed by atoms with E-state index < -0.39 is 23.4 Å². The minimum atomic E-state index is -0.809. The van der Waals surface area contributed by atoms with Gasteiger partial charge < -0.3 is 9.32 Å². The van der Waals surface area contributed by atoms with Crippen molar-refractivity contribution in [3.63, 3.8) is 0 Å². The van der Waals surface area contributed by atoms with Gasteiger partial charge in [0, 0.05) is 45.7 Å². The molecule has 4 amide bonds. The summed E-state index contributed by atoms with van der Waals surface area (Å²) in [5.74, 6) is 0.674. The van der Waals surface area contributed by atoms with E-state index in [1.165, 1.54) is 18.2 Å². The molecular formula is C23H31N6O5+. The van der Waals surface area contributed by atoms with Crippen LogP contribution < -0.4 is 0 Å². The Morgan fingerprint density at radius 1 is 1.12 bits per heavy atom. The molecule has 0 bridgehead atoms. The summed E-state index contributed by atoms with van der Waals surface area (Å²) in [6, 6.07) is 2.08. The van der Waals surface area contributed by atoms with E-state index in [1.807, 2.05) is 20.8 Å². The van der Waals surface area contributed by atoms with Gasteiger partial charge in [-0.25, -0.2) is 9.37 Å². The third kappa shape index (κ3) is 4.27. The second-order valence-electron chi connectivity index (χ2n) is 9.87. The number of furan rings is 1. The Kier molecular flexibility index (Phi) is 6.15. The summed E-state index contributed by atoms with van der Waals surface area (Å²) in [7, 11) is 3.03. The fourth-order valence-corrected chi connectivity index (χ4v) is 4.21. The van der Waals surface area contributed by atoms with Gasteiger partial charge in [0.15, 0.2) is 11.5 Å². The monoisotopic (exact) mass is 471 g/mol. The molecule has 0 saturated carbocycles. The number of hydrogen-bond donors (Lipinski definition) is 0. The van der Waals surface area contributed by atoms with Gasteiger partial charge in [-0.1, -0.05) is 20.8 Å². The third-order valence-corrected chi connectivity index (χ3v) is 6.52. The van der Waals surface area contributed by atoms with Crippen molar-refractivity contribution in [2.75, 3.05) is 53.4 Å². The molecule has 0 aromatic carbocycles. The van der Waals surface area contributed by atoms with Crippen LogP contribution in [0.15, 0.2) is 27.8 Å². The molecule has 1 aromatic rings. The number of carbonyl (C=O) groups is 4. The smallest absolute Gasteiger partial charge is 0.333 e. The lowest BCUT2D eigenvalue weighted by molar-refractivity contribution is -0.525. The van der Waals surface area contributed by atoms with E-state index in [1.54, 1.807) is 28.7 Å². The number of rotatable bonds is 5. The number of aliphatic imine (C=N–C) groups is 1. The maximum Gasteiger partial charge on any atom is 0.333 e. The number of imide groups is 1. The Morgan fingerprint density at radius 2 is 1.79 bits per heavy atom. The van der Waals surface area contributed by atoms with Gasteiger partial charge in [0.05, 0.1) is 6.26 Å². The van der Waals surface area contributed by atoms with Crippen LogP contribution in [0, 0.1) is 5.41 Å². The molecule has 182 valence electrons. The number of hydrogen-bond acceptors (Lipinski definition) is 7. The SMILES string of the molecule is CN1C(=O)C2C(=NC(CN3CCN(C(=O)c4ccco4)CC3)=[N+]2CC(=O)C(C)(C)C)N(C)C1=O. The highest BCUT2D eigenvalue weighted by atomic mass is 16.3. The normalized spacial score (nSPS) is 21.9. The van der Waals surface area contributed by atoms with Gasteiger partial charge in [-0.2, -0.15) is 0 Å². The zero-order valence-corrected chi connectivity index (χ0v) is 20.3. The molecule has 3 aliphatic rings. The number of amides is 4. The fraction of sp³-hybridized carbons (Fsp3) is 0.565. The van der Waals surface area contributed by atoms with Gasteiger partial charge >= 0.3 is 11.9 Å². The molecule has 11 nitrogen and oxygen atoms in total. The van der Waals surface area contributed by atoms with E-state index >= 15 is 0 Å². The molecule has 1 atom stereocenters. The zero-order valence-electron chi connectivity index (χ0n) is 20.3. The summed E-state index contributed by atoms with van der Waals surface area (Å²) in [5, 5.41) is 0. The number of piperazine rings is 1. The highest BCUT2D eigenvalue weighted by Crippen LogP contribution is 2.22. The van der Waals surface area contributed by atoms with Gasteiger partial charge in [-0.3, -0.25) is 29.1 Å². The molecule has 2 saturated heterocycles. The maximum atomic E-state index is 13.0. The van der Waals surface area contributed by atoms with Gasteiger partial charge in [-0.05, 0) is 17.1 Å². The van der Waals surface area contributed by atoms with Crippen molar-refractivity contribution in [1.29, 1.82) is 0 Å². The van der Waals surface area contributed by atoms with Crippen LogP contribution in [-0.4, -0.2) is 119 Å². The average molecular weight is 472 g/mol. The summed E-state index contributed by atoms with van der Waals surface area (Å²) < 4.78 is 6.95. The first-order valence-electron chi connectivity index (χ1n) is 11.3. The first-order chi connectivity index (χ1) is 16.0. The van der Waals surface area contributed by atoms with E-state index in [-0.39, 0.29) is 18.2 Å². The Balaban J connectivity index is 1.54. The standard InChI is InChI=1S/C23H31N6O5/c1-23(2,3)16(30)13-29-17(24-19-18(29)21(32)26(5)22(33)25(19)4)14-27-8-10-28(11-9-27)20(31)15-7-6-12-34-15/h6-7,12,18H,8-11,13-14H2,1-5H3/q+1. The first-order valence-corrected chi connectivity index (χ1v) is 11.3. The van der Waals surface area contributed by atoms with Crippen LogP contribution in [0.5, 0.6) is 0 Å². The molecule has 0 spiro atoms. The lowest BCUT2D eigenvalue weighted by atomic mass is 9.90. The Morgan fingerprint density at radius 3 is 2.38 bits per heavy atom. The lowest BCUT2D eigenvalue weighted by Crippen LogP contribution is -2.62. The predicted octanol–water partition coefficient (Wildman–Crippen LogP) is 0.368. The van der Waals surface area contributed by atoms with Crippen LogP contribution >= 0.6 is 0 Å². The van der Waals surface area contributed by atoms with Gasteiger partial charge in [0.25, 0.3) is 23.7 Å². The summed E-state index contributed by atoms with van der Waals surface area (Å²) in [4.78, 5) is 61.9. The van der Waals surface area contributed by atoms with Crippen molar-refractivity contribution in [3.05, 3.63) is 24.2 Å². The average Bonchev–Trinajstić information content (AvgIpc) is 3.45. The summed E-state index contributed by atoms with van der Waals surface area (Å²) >= 11 is 0. The number of urea groups is 1. The summed E-state index contributed by atoms with van der Waals surface area (Å²) in [5.41, 5.74) is -0.586. The van der Waals surface area contributed by atoms with Crippen LogP contribution in [0.25, 0.3) is 0 Å². The van der Waals surface area contributed by atoms with Crippen LogP contribution in [-0.2, 0) is 9.59 Å². The Hall–Kier alpha value is -3.34. The molecule has 2 fully saturated rings. The van der Waals surface area contributed by atoms with Gasteiger partial charge in [0.2, 0.25) is 0 Å². The van der Waals surface area contributed by atoms with Crippen molar-refractivity contribution in [1.82, 2.24) is 19.6 Å².